The van der Waals surface area contributed by atoms with E-state index in [1.54, 1.807) is 41.2 Å². The average Bonchev–Trinajstić information content (AvgIpc) is 3.26. The minimum absolute atomic E-state index is 0.254. The minimum Gasteiger partial charge on any atom is -0.364 e. The zero-order valence-electron chi connectivity index (χ0n) is 13.1. The van der Waals surface area contributed by atoms with Crippen LogP contribution in [0.5, 0.6) is 0 Å². The number of rotatable bonds is 4. The third kappa shape index (κ3) is 3.07. The Hall–Kier alpha value is -3.26. The van der Waals surface area contributed by atoms with Crippen molar-refractivity contribution in [3.05, 3.63) is 72.0 Å². The lowest BCUT2D eigenvalue weighted by Gasteiger charge is -2.14. The molecule has 0 fully saturated rings. The molecule has 8 heteroatoms. The highest BCUT2D eigenvalue weighted by molar-refractivity contribution is 5.99. The van der Waals surface area contributed by atoms with Gasteiger partial charge in [-0.25, -0.2) is 9.38 Å². The third-order valence-electron chi connectivity index (χ3n) is 3.80. The van der Waals surface area contributed by atoms with E-state index in [4.69, 9.17) is 10.3 Å². The summed E-state index contributed by atoms with van der Waals surface area (Å²) in [7, 11) is 0. The lowest BCUT2D eigenvalue weighted by molar-refractivity contribution is 0.421. The maximum atomic E-state index is 14.0. The van der Waals surface area contributed by atoms with Gasteiger partial charge in [0.2, 0.25) is 0 Å². The van der Waals surface area contributed by atoms with Crippen LogP contribution < -0.4 is 11.1 Å². The number of aliphatic imine (C=N–C) groups is 1. The fourth-order valence-electron chi connectivity index (χ4n) is 2.59. The Bertz CT molecular complexity index is 944. The Morgan fingerprint density at radius 1 is 1.24 bits per heavy atom. The van der Waals surface area contributed by atoms with Crippen LogP contribution in [0.2, 0.25) is 0 Å². The normalized spacial score (nSPS) is 16.6. The molecule has 1 aromatic carbocycles. The Balaban J connectivity index is 1.75. The summed E-state index contributed by atoms with van der Waals surface area (Å²) in [5.41, 5.74) is 8.27. The molecule has 1 unspecified atom stereocenters. The molecule has 0 aliphatic carbocycles. The molecule has 0 bridgehead atoms. The standard InChI is InChI=1S/C17H15FN6O/c18-12-4-2-1-3-11(12)10-24-15(13-6-8-25-23-13)9-14(22-24)17-20-7-5-16(19)21-17/h1-9,16H,10,19H2,(H,20,21). The van der Waals surface area contributed by atoms with E-state index in [1.807, 2.05) is 6.07 Å². The molecule has 0 saturated carbocycles. The van der Waals surface area contributed by atoms with Crippen LogP contribution >= 0.6 is 0 Å². The van der Waals surface area contributed by atoms with Crippen molar-refractivity contribution in [2.24, 2.45) is 10.7 Å². The van der Waals surface area contributed by atoms with Gasteiger partial charge in [-0.3, -0.25) is 4.68 Å². The van der Waals surface area contributed by atoms with Gasteiger partial charge in [0.05, 0.1) is 18.4 Å². The van der Waals surface area contributed by atoms with Gasteiger partial charge in [0.1, 0.15) is 23.5 Å². The predicted octanol–water partition coefficient (Wildman–Crippen LogP) is 1.87. The van der Waals surface area contributed by atoms with Gasteiger partial charge in [-0.05, 0) is 18.2 Å². The molecule has 1 atom stereocenters. The molecular formula is C17H15FN6O. The number of nitrogens with one attached hydrogen (secondary N) is 1. The lowest BCUT2D eigenvalue weighted by Crippen LogP contribution is -2.42. The van der Waals surface area contributed by atoms with E-state index in [-0.39, 0.29) is 18.5 Å². The van der Waals surface area contributed by atoms with Crippen molar-refractivity contribution in [3.8, 4) is 11.4 Å². The molecule has 0 amide bonds. The van der Waals surface area contributed by atoms with E-state index in [0.29, 0.717) is 28.5 Å². The first-order chi connectivity index (χ1) is 12.2. The number of nitrogens with zero attached hydrogens (tertiary/aromatic N) is 4. The van der Waals surface area contributed by atoms with E-state index in [1.165, 1.54) is 12.3 Å². The SMILES string of the molecule is NC1C=CN=C(c2cc(-c3ccon3)n(Cc3ccccc3F)n2)N1. The van der Waals surface area contributed by atoms with Crippen molar-refractivity contribution in [2.75, 3.05) is 0 Å². The molecule has 4 rings (SSSR count). The van der Waals surface area contributed by atoms with Crippen LogP contribution in [0.1, 0.15) is 11.3 Å². The van der Waals surface area contributed by atoms with Crippen LogP contribution in [0.15, 0.2) is 64.5 Å². The summed E-state index contributed by atoms with van der Waals surface area (Å²) < 4.78 is 20.6. The summed E-state index contributed by atoms with van der Waals surface area (Å²) in [4.78, 5) is 4.26. The van der Waals surface area contributed by atoms with Crippen LogP contribution in [0.25, 0.3) is 11.4 Å². The number of amidine groups is 1. The van der Waals surface area contributed by atoms with Crippen LogP contribution in [0.4, 0.5) is 4.39 Å². The van der Waals surface area contributed by atoms with E-state index >= 15 is 0 Å². The number of halogens is 1. The van der Waals surface area contributed by atoms with Gasteiger partial charge in [0.15, 0.2) is 5.84 Å². The monoisotopic (exact) mass is 338 g/mol. The molecule has 3 heterocycles. The van der Waals surface area contributed by atoms with Crippen molar-refractivity contribution < 1.29 is 8.91 Å². The summed E-state index contributed by atoms with van der Waals surface area (Å²) in [6.07, 6.45) is 4.50. The van der Waals surface area contributed by atoms with E-state index in [0.717, 1.165) is 0 Å². The van der Waals surface area contributed by atoms with E-state index < -0.39 is 0 Å². The Kier molecular flexibility index (Phi) is 3.87. The average molecular weight is 338 g/mol. The highest BCUT2D eigenvalue weighted by atomic mass is 19.1. The molecule has 0 spiro atoms. The van der Waals surface area contributed by atoms with Crippen LogP contribution in [0, 0.1) is 5.82 Å². The predicted molar refractivity (Wildman–Crippen MR) is 90.0 cm³/mol. The van der Waals surface area contributed by atoms with Crippen molar-refractivity contribution in [2.45, 2.75) is 12.7 Å². The smallest absolute Gasteiger partial charge is 0.155 e. The minimum atomic E-state index is -0.334. The van der Waals surface area contributed by atoms with E-state index in [2.05, 4.69) is 20.6 Å². The van der Waals surface area contributed by atoms with Crippen LogP contribution in [-0.2, 0) is 6.54 Å². The Morgan fingerprint density at radius 2 is 2.12 bits per heavy atom. The van der Waals surface area contributed by atoms with Gasteiger partial charge < -0.3 is 15.6 Å². The van der Waals surface area contributed by atoms with Gasteiger partial charge in [-0.1, -0.05) is 23.4 Å². The largest absolute Gasteiger partial charge is 0.364 e. The number of benzene rings is 1. The molecule has 0 saturated heterocycles. The fourth-order valence-corrected chi connectivity index (χ4v) is 2.59. The molecule has 3 aromatic rings. The molecule has 7 nitrogen and oxygen atoms in total. The number of nitrogens with two attached hydrogens (primary N) is 1. The molecule has 2 aromatic heterocycles. The maximum Gasteiger partial charge on any atom is 0.155 e. The summed E-state index contributed by atoms with van der Waals surface area (Å²) in [6, 6.07) is 10.1. The zero-order valence-corrected chi connectivity index (χ0v) is 13.1. The van der Waals surface area contributed by atoms with Gasteiger partial charge >= 0.3 is 0 Å². The summed E-state index contributed by atoms with van der Waals surface area (Å²) in [5, 5.41) is 11.5. The molecule has 0 radical (unpaired) electrons. The molecular weight excluding hydrogens is 323 g/mol. The first-order valence-electron chi connectivity index (χ1n) is 7.70. The second-order valence-electron chi connectivity index (χ2n) is 5.54. The molecule has 3 N–H and O–H groups in total. The van der Waals surface area contributed by atoms with Gasteiger partial charge in [-0.15, -0.1) is 0 Å². The fraction of sp³-hybridized carbons (Fsp3) is 0.118. The lowest BCUT2D eigenvalue weighted by atomic mass is 10.2. The maximum absolute atomic E-state index is 14.0. The van der Waals surface area contributed by atoms with Crippen molar-refractivity contribution >= 4 is 5.84 Å². The third-order valence-corrected chi connectivity index (χ3v) is 3.80. The van der Waals surface area contributed by atoms with Gasteiger partial charge in [0, 0.05) is 17.8 Å². The zero-order chi connectivity index (χ0) is 17.2. The quantitative estimate of drug-likeness (QED) is 0.757. The molecule has 25 heavy (non-hydrogen) atoms. The second kappa shape index (κ2) is 6.33. The number of hydrogen-bond acceptors (Lipinski definition) is 6. The first kappa shape index (κ1) is 15.3. The van der Waals surface area contributed by atoms with Gasteiger partial charge in [0.25, 0.3) is 0 Å². The molecule has 1 aliphatic rings. The summed E-state index contributed by atoms with van der Waals surface area (Å²) in [5.74, 6) is 0.260. The topological polar surface area (TPSA) is 94.3 Å². The van der Waals surface area contributed by atoms with Crippen molar-refractivity contribution in [1.29, 1.82) is 0 Å². The van der Waals surface area contributed by atoms with E-state index in [9.17, 15) is 4.39 Å². The second-order valence-corrected chi connectivity index (χ2v) is 5.54. The number of aromatic nitrogens is 3. The first-order valence-corrected chi connectivity index (χ1v) is 7.70. The summed E-state index contributed by atoms with van der Waals surface area (Å²) >= 11 is 0. The van der Waals surface area contributed by atoms with Gasteiger partial charge in [-0.2, -0.15) is 5.10 Å². The van der Waals surface area contributed by atoms with Crippen LogP contribution in [0.3, 0.4) is 0 Å². The van der Waals surface area contributed by atoms with Crippen molar-refractivity contribution in [1.82, 2.24) is 20.3 Å². The Morgan fingerprint density at radius 3 is 2.88 bits per heavy atom. The summed E-state index contributed by atoms with van der Waals surface area (Å²) in [6.45, 7) is 0.254. The number of hydrogen-bond donors (Lipinski definition) is 2. The highest BCUT2D eigenvalue weighted by Gasteiger charge is 2.18. The van der Waals surface area contributed by atoms with Crippen LogP contribution in [-0.4, -0.2) is 26.9 Å². The molecule has 1 aliphatic heterocycles. The Labute approximate surface area is 142 Å². The molecule has 126 valence electrons. The highest BCUT2D eigenvalue weighted by Crippen LogP contribution is 2.21. The van der Waals surface area contributed by atoms with Crippen molar-refractivity contribution in [3.63, 3.8) is 0 Å².